The van der Waals surface area contributed by atoms with Gasteiger partial charge in [0.15, 0.2) is 5.96 Å². The summed E-state index contributed by atoms with van der Waals surface area (Å²) in [6, 6.07) is 4.28. The second kappa shape index (κ2) is 10.2. The molecule has 1 unspecified atom stereocenters. The Morgan fingerprint density at radius 2 is 1.97 bits per heavy atom. The van der Waals surface area contributed by atoms with Crippen molar-refractivity contribution < 1.29 is 9.53 Å². The molecular formula is C22H37N7O2. The van der Waals surface area contributed by atoms with Gasteiger partial charge in [-0.1, -0.05) is 6.07 Å². The first-order valence-electron chi connectivity index (χ1n) is 11.1. The Morgan fingerprint density at radius 1 is 1.23 bits per heavy atom. The molecule has 2 aliphatic heterocycles. The van der Waals surface area contributed by atoms with Gasteiger partial charge in [-0.05, 0) is 45.9 Å². The number of likely N-dealkylation sites (tertiary alicyclic amines) is 1. The molecule has 172 valence electrons. The lowest BCUT2D eigenvalue weighted by atomic mass is 10.2. The van der Waals surface area contributed by atoms with E-state index in [2.05, 4.69) is 54.5 Å². The minimum Gasteiger partial charge on any atom is -0.444 e. The third kappa shape index (κ3) is 6.99. The van der Waals surface area contributed by atoms with Crippen molar-refractivity contribution in [3.05, 3.63) is 23.9 Å². The Kier molecular flexibility index (Phi) is 7.59. The van der Waals surface area contributed by atoms with Gasteiger partial charge in [0.2, 0.25) is 0 Å². The highest BCUT2D eigenvalue weighted by atomic mass is 16.6. The molecule has 2 N–H and O–H groups in total. The molecule has 0 saturated carbocycles. The summed E-state index contributed by atoms with van der Waals surface area (Å²) in [5.41, 5.74) is 0.620. The number of pyridine rings is 1. The van der Waals surface area contributed by atoms with Gasteiger partial charge < -0.3 is 30.1 Å². The zero-order valence-electron chi connectivity index (χ0n) is 19.5. The standard InChI is InChI=1S/C22H37N7O2/c1-22(2,3)31-21(30)26-18-8-9-29(16-18)20(23-4)25-15-17-6-7-19(24-14-17)28-12-10-27(5)11-13-28/h6-7,14,18H,8-13,15-16H2,1-5H3,(H,23,25)(H,26,30). The lowest BCUT2D eigenvalue weighted by molar-refractivity contribution is 0.0507. The number of carbonyl (C=O) groups is 1. The molecule has 9 heteroatoms. The Balaban J connectivity index is 1.46. The molecule has 3 rings (SSSR count). The van der Waals surface area contributed by atoms with Crippen molar-refractivity contribution in [3.63, 3.8) is 0 Å². The fraction of sp³-hybridized carbons (Fsp3) is 0.682. The Morgan fingerprint density at radius 3 is 2.58 bits per heavy atom. The second-order valence-electron chi connectivity index (χ2n) is 9.29. The van der Waals surface area contributed by atoms with Crippen LogP contribution in [0.5, 0.6) is 0 Å². The summed E-state index contributed by atoms with van der Waals surface area (Å²) in [6.07, 6.45) is 2.43. The van der Waals surface area contributed by atoms with Gasteiger partial charge in [0, 0.05) is 59.1 Å². The SMILES string of the molecule is CN=C(NCc1ccc(N2CCN(C)CC2)nc1)N1CCC(NC(=O)OC(C)(C)C)C1. The number of ether oxygens (including phenoxy) is 1. The van der Waals surface area contributed by atoms with E-state index in [0.29, 0.717) is 13.1 Å². The maximum absolute atomic E-state index is 12.0. The van der Waals surface area contributed by atoms with E-state index in [1.54, 1.807) is 7.05 Å². The third-order valence-corrected chi connectivity index (χ3v) is 5.51. The number of guanidine groups is 1. The van der Waals surface area contributed by atoms with Crippen molar-refractivity contribution in [1.82, 2.24) is 25.4 Å². The lowest BCUT2D eigenvalue weighted by Gasteiger charge is -2.33. The van der Waals surface area contributed by atoms with Crippen LogP contribution in [0.3, 0.4) is 0 Å². The predicted octanol–water partition coefficient (Wildman–Crippen LogP) is 1.51. The minimum atomic E-state index is -0.492. The van der Waals surface area contributed by atoms with Crippen molar-refractivity contribution in [3.8, 4) is 0 Å². The van der Waals surface area contributed by atoms with Crippen LogP contribution in [-0.2, 0) is 11.3 Å². The molecular weight excluding hydrogens is 394 g/mol. The quantitative estimate of drug-likeness (QED) is 0.552. The first-order chi connectivity index (χ1) is 14.7. The molecule has 1 aromatic heterocycles. The molecule has 9 nitrogen and oxygen atoms in total. The average Bonchev–Trinajstić information content (AvgIpc) is 3.16. The Labute approximate surface area is 185 Å². The van der Waals surface area contributed by atoms with Crippen molar-refractivity contribution >= 4 is 17.9 Å². The first kappa shape index (κ1) is 23.1. The van der Waals surface area contributed by atoms with E-state index >= 15 is 0 Å². The normalized spacial score (nSPS) is 20.7. The van der Waals surface area contributed by atoms with Gasteiger partial charge in [-0.3, -0.25) is 4.99 Å². The number of alkyl carbamates (subject to hydrolysis) is 1. The van der Waals surface area contributed by atoms with E-state index in [9.17, 15) is 4.79 Å². The summed E-state index contributed by atoms with van der Waals surface area (Å²) in [6.45, 7) is 12.0. The lowest BCUT2D eigenvalue weighted by Crippen LogP contribution is -2.44. The van der Waals surface area contributed by atoms with Crippen molar-refractivity contribution in [2.45, 2.75) is 45.4 Å². The summed E-state index contributed by atoms with van der Waals surface area (Å²) in [7, 11) is 3.94. The first-order valence-corrected chi connectivity index (χ1v) is 11.1. The predicted molar refractivity (Wildman–Crippen MR) is 123 cm³/mol. The van der Waals surface area contributed by atoms with Gasteiger partial charge in [0.05, 0.1) is 6.04 Å². The number of carbonyl (C=O) groups excluding carboxylic acids is 1. The minimum absolute atomic E-state index is 0.0536. The molecule has 1 atom stereocenters. The average molecular weight is 432 g/mol. The molecule has 2 saturated heterocycles. The molecule has 0 spiro atoms. The fourth-order valence-corrected chi connectivity index (χ4v) is 3.80. The number of likely N-dealkylation sites (N-methyl/N-ethyl adjacent to an activating group) is 1. The number of hydrogen-bond donors (Lipinski definition) is 2. The number of nitrogens with zero attached hydrogens (tertiary/aromatic N) is 5. The van der Waals surface area contributed by atoms with E-state index in [1.807, 2.05) is 27.0 Å². The summed E-state index contributed by atoms with van der Waals surface area (Å²) in [4.78, 5) is 27.9. The van der Waals surface area contributed by atoms with Gasteiger partial charge in [0.1, 0.15) is 11.4 Å². The highest BCUT2D eigenvalue weighted by Crippen LogP contribution is 2.15. The summed E-state index contributed by atoms with van der Waals surface area (Å²) in [5.74, 6) is 1.87. The smallest absolute Gasteiger partial charge is 0.407 e. The number of rotatable bonds is 4. The molecule has 0 radical (unpaired) electrons. The zero-order valence-corrected chi connectivity index (χ0v) is 19.5. The van der Waals surface area contributed by atoms with Crippen LogP contribution in [0.1, 0.15) is 32.8 Å². The van der Waals surface area contributed by atoms with Crippen LogP contribution in [0, 0.1) is 0 Å². The van der Waals surface area contributed by atoms with E-state index in [0.717, 1.165) is 56.5 Å². The number of aromatic nitrogens is 1. The zero-order chi connectivity index (χ0) is 22.4. The summed E-state index contributed by atoms with van der Waals surface area (Å²) in [5, 5.41) is 6.37. The second-order valence-corrected chi connectivity index (χ2v) is 9.29. The van der Waals surface area contributed by atoms with E-state index in [1.165, 1.54) is 0 Å². The van der Waals surface area contributed by atoms with E-state index < -0.39 is 5.60 Å². The summed E-state index contributed by atoms with van der Waals surface area (Å²) < 4.78 is 5.36. The van der Waals surface area contributed by atoms with Gasteiger partial charge in [-0.2, -0.15) is 0 Å². The largest absolute Gasteiger partial charge is 0.444 e. The number of hydrogen-bond acceptors (Lipinski definition) is 6. The van der Waals surface area contributed by atoms with Gasteiger partial charge in [-0.25, -0.2) is 9.78 Å². The van der Waals surface area contributed by atoms with Crippen molar-refractivity contribution in [2.75, 3.05) is 58.3 Å². The molecule has 3 heterocycles. The number of anilines is 1. The molecule has 0 aromatic carbocycles. The van der Waals surface area contributed by atoms with Crippen LogP contribution in [-0.4, -0.2) is 91.8 Å². The molecule has 31 heavy (non-hydrogen) atoms. The maximum atomic E-state index is 12.0. The topological polar surface area (TPSA) is 85.3 Å². The Bertz CT molecular complexity index is 752. The van der Waals surface area contributed by atoms with Gasteiger partial charge in [-0.15, -0.1) is 0 Å². The van der Waals surface area contributed by atoms with E-state index in [-0.39, 0.29) is 12.1 Å². The molecule has 0 bridgehead atoms. The highest BCUT2D eigenvalue weighted by molar-refractivity contribution is 5.80. The third-order valence-electron chi connectivity index (χ3n) is 5.51. The molecule has 1 amide bonds. The van der Waals surface area contributed by atoms with Gasteiger partial charge in [0.25, 0.3) is 0 Å². The summed E-state index contributed by atoms with van der Waals surface area (Å²) >= 11 is 0. The number of amides is 1. The van der Waals surface area contributed by atoms with Crippen molar-refractivity contribution in [1.29, 1.82) is 0 Å². The van der Waals surface area contributed by atoms with Crippen LogP contribution in [0.15, 0.2) is 23.3 Å². The van der Waals surface area contributed by atoms with Crippen LogP contribution in [0.25, 0.3) is 0 Å². The molecule has 2 fully saturated rings. The monoisotopic (exact) mass is 431 g/mol. The maximum Gasteiger partial charge on any atom is 0.407 e. The van der Waals surface area contributed by atoms with Crippen molar-refractivity contribution in [2.24, 2.45) is 4.99 Å². The van der Waals surface area contributed by atoms with Gasteiger partial charge >= 0.3 is 6.09 Å². The molecule has 2 aliphatic rings. The Hall–Kier alpha value is -2.55. The van der Waals surface area contributed by atoms with Crippen LogP contribution >= 0.6 is 0 Å². The number of piperazine rings is 1. The highest BCUT2D eigenvalue weighted by Gasteiger charge is 2.27. The molecule has 1 aromatic rings. The van der Waals surface area contributed by atoms with Crippen LogP contribution in [0.2, 0.25) is 0 Å². The number of nitrogens with one attached hydrogen (secondary N) is 2. The fourth-order valence-electron chi connectivity index (χ4n) is 3.80. The number of aliphatic imine (C=N–C) groups is 1. The van der Waals surface area contributed by atoms with Crippen LogP contribution < -0.4 is 15.5 Å². The van der Waals surface area contributed by atoms with Crippen LogP contribution in [0.4, 0.5) is 10.6 Å². The van der Waals surface area contributed by atoms with E-state index in [4.69, 9.17) is 4.74 Å². The molecule has 0 aliphatic carbocycles.